The maximum atomic E-state index is 11.7. The first-order chi connectivity index (χ1) is 10.9. The average Bonchev–Trinajstić information content (AvgIpc) is 2.46. The van der Waals surface area contributed by atoms with Gasteiger partial charge in [-0.15, -0.1) is 0 Å². The molecule has 0 aliphatic rings. The minimum absolute atomic E-state index is 0.319. The summed E-state index contributed by atoms with van der Waals surface area (Å²) in [6, 6.07) is 0. The molecule has 0 aromatic heterocycles. The first kappa shape index (κ1) is 22.2. The number of hydrogen-bond acceptors (Lipinski definition) is 4. The summed E-state index contributed by atoms with van der Waals surface area (Å²) in [7, 11) is 1.71. The average molecular weight is 331 g/mol. The van der Waals surface area contributed by atoms with Crippen molar-refractivity contribution in [1.82, 2.24) is 4.90 Å². The highest BCUT2D eigenvalue weighted by molar-refractivity contribution is 5.67. The van der Waals surface area contributed by atoms with E-state index in [-0.39, 0.29) is 6.09 Å². The standard InChI is InChI=1S/C18H37NO4/c1-6-7-8-9-10-11-13-21-15-16-22-14-12-19(5)17(20)23-18(2,3)4/h6-16H2,1-5H3. The van der Waals surface area contributed by atoms with Crippen molar-refractivity contribution in [3.05, 3.63) is 0 Å². The predicted octanol–water partition coefficient (Wildman–Crippen LogP) is 4.25. The molecule has 0 unspecified atom stereocenters. The lowest BCUT2D eigenvalue weighted by atomic mass is 10.1. The Labute approximate surface area is 142 Å². The summed E-state index contributed by atoms with van der Waals surface area (Å²) in [5.74, 6) is 0. The van der Waals surface area contributed by atoms with Gasteiger partial charge in [-0.1, -0.05) is 39.0 Å². The third-order valence-electron chi connectivity index (χ3n) is 3.29. The summed E-state index contributed by atoms with van der Waals surface area (Å²) < 4.78 is 16.3. The van der Waals surface area contributed by atoms with Crippen LogP contribution < -0.4 is 0 Å². The smallest absolute Gasteiger partial charge is 0.410 e. The van der Waals surface area contributed by atoms with E-state index in [9.17, 15) is 4.79 Å². The summed E-state index contributed by atoms with van der Waals surface area (Å²) >= 11 is 0. The number of nitrogens with zero attached hydrogens (tertiary/aromatic N) is 1. The van der Waals surface area contributed by atoms with Gasteiger partial charge in [-0.3, -0.25) is 0 Å². The van der Waals surface area contributed by atoms with Crippen molar-refractivity contribution in [3.63, 3.8) is 0 Å². The predicted molar refractivity (Wildman–Crippen MR) is 93.9 cm³/mol. The van der Waals surface area contributed by atoms with Gasteiger partial charge in [-0.2, -0.15) is 0 Å². The fraction of sp³-hybridized carbons (Fsp3) is 0.944. The number of amides is 1. The van der Waals surface area contributed by atoms with Crippen molar-refractivity contribution in [2.45, 2.75) is 71.8 Å². The number of ether oxygens (including phenoxy) is 3. The maximum Gasteiger partial charge on any atom is 0.410 e. The SMILES string of the molecule is CCCCCCCCOCCOCCN(C)C(=O)OC(C)(C)C. The van der Waals surface area contributed by atoms with Crippen molar-refractivity contribution in [1.29, 1.82) is 0 Å². The number of carbonyl (C=O) groups is 1. The Kier molecular flexibility index (Phi) is 13.1. The summed E-state index contributed by atoms with van der Waals surface area (Å²) in [6.07, 6.45) is 7.34. The van der Waals surface area contributed by atoms with E-state index in [0.717, 1.165) is 13.0 Å². The Morgan fingerprint density at radius 3 is 2.04 bits per heavy atom. The molecule has 0 radical (unpaired) electrons. The second-order valence-corrected chi connectivity index (χ2v) is 6.89. The van der Waals surface area contributed by atoms with E-state index in [1.165, 1.54) is 37.0 Å². The summed E-state index contributed by atoms with van der Waals surface area (Å²) in [6.45, 7) is 10.8. The van der Waals surface area contributed by atoms with Crippen LogP contribution in [0.5, 0.6) is 0 Å². The third kappa shape index (κ3) is 15.8. The molecule has 1 amide bonds. The van der Waals surface area contributed by atoms with Crippen molar-refractivity contribution in [2.75, 3.05) is 40.0 Å². The van der Waals surface area contributed by atoms with E-state index in [4.69, 9.17) is 14.2 Å². The van der Waals surface area contributed by atoms with Crippen LogP contribution >= 0.6 is 0 Å². The van der Waals surface area contributed by atoms with Gasteiger partial charge in [0.15, 0.2) is 0 Å². The summed E-state index contributed by atoms with van der Waals surface area (Å²) in [5, 5.41) is 0. The molecule has 0 saturated carbocycles. The van der Waals surface area contributed by atoms with E-state index in [0.29, 0.717) is 26.4 Å². The second kappa shape index (κ2) is 13.6. The molecule has 0 aliphatic carbocycles. The number of unbranched alkanes of at least 4 members (excludes halogenated alkanes) is 5. The molecule has 5 heteroatoms. The largest absolute Gasteiger partial charge is 0.444 e. The molecule has 0 aliphatic heterocycles. The molecular weight excluding hydrogens is 294 g/mol. The van der Waals surface area contributed by atoms with Gasteiger partial charge in [0.2, 0.25) is 0 Å². The second-order valence-electron chi connectivity index (χ2n) is 6.89. The zero-order valence-corrected chi connectivity index (χ0v) is 15.9. The topological polar surface area (TPSA) is 48.0 Å². The van der Waals surface area contributed by atoms with E-state index in [1.807, 2.05) is 20.8 Å². The molecule has 0 aromatic carbocycles. The first-order valence-electron chi connectivity index (χ1n) is 8.96. The van der Waals surface area contributed by atoms with E-state index >= 15 is 0 Å². The number of rotatable bonds is 13. The Morgan fingerprint density at radius 2 is 1.43 bits per heavy atom. The zero-order valence-electron chi connectivity index (χ0n) is 15.9. The monoisotopic (exact) mass is 331 g/mol. The molecule has 5 nitrogen and oxygen atoms in total. The highest BCUT2D eigenvalue weighted by Gasteiger charge is 2.19. The Hall–Kier alpha value is -0.810. The molecule has 0 heterocycles. The van der Waals surface area contributed by atoms with E-state index < -0.39 is 5.60 Å². The fourth-order valence-corrected chi connectivity index (χ4v) is 1.94. The lowest BCUT2D eigenvalue weighted by Crippen LogP contribution is -2.36. The van der Waals surface area contributed by atoms with Crippen LogP contribution in [0.4, 0.5) is 4.79 Å². The van der Waals surface area contributed by atoms with Crippen LogP contribution in [0.15, 0.2) is 0 Å². The van der Waals surface area contributed by atoms with Crippen LogP contribution in [-0.2, 0) is 14.2 Å². The van der Waals surface area contributed by atoms with Gasteiger partial charge in [-0.25, -0.2) is 4.79 Å². The molecule has 138 valence electrons. The fourth-order valence-electron chi connectivity index (χ4n) is 1.94. The molecule has 0 saturated heterocycles. The highest BCUT2D eigenvalue weighted by atomic mass is 16.6. The third-order valence-corrected chi connectivity index (χ3v) is 3.29. The van der Waals surface area contributed by atoms with Gasteiger partial charge in [0.25, 0.3) is 0 Å². The van der Waals surface area contributed by atoms with Crippen molar-refractivity contribution < 1.29 is 19.0 Å². The van der Waals surface area contributed by atoms with Crippen LogP contribution in [0, 0.1) is 0 Å². The normalized spacial score (nSPS) is 11.5. The van der Waals surface area contributed by atoms with Gasteiger partial charge < -0.3 is 19.1 Å². The Bertz CT molecular complexity index is 289. The van der Waals surface area contributed by atoms with E-state index in [2.05, 4.69) is 6.92 Å². The number of hydrogen-bond donors (Lipinski definition) is 0. The van der Waals surface area contributed by atoms with Crippen molar-refractivity contribution in [3.8, 4) is 0 Å². The molecule has 0 spiro atoms. The molecule has 23 heavy (non-hydrogen) atoms. The lowest BCUT2D eigenvalue weighted by molar-refractivity contribution is 0.0157. The van der Waals surface area contributed by atoms with Crippen LogP contribution in [0.3, 0.4) is 0 Å². The van der Waals surface area contributed by atoms with Gasteiger partial charge in [0, 0.05) is 20.2 Å². The number of likely N-dealkylation sites (N-methyl/N-ethyl adjacent to an activating group) is 1. The van der Waals surface area contributed by atoms with Crippen LogP contribution in [0.2, 0.25) is 0 Å². The molecule has 0 rings (SSSR count). The maximum absolute atomic E-state index is 11.7. The molecule has 0 N–H and O–H groups in total. The first-order valence-corrected chi connectivity index (χ1v) is 8.96. The molecule has 0 fully saturated rings. The van der Waals surface area contributed by atoms with Crippen LogP contribution in [-0.4, -0.2) is 56.6 Å². The van der Waals surface area contributed by atoms with Crippen LogP contribution in [0.25, 0.3) is 0 Å². The minimum atomic E-state index is -0.462. The van der Waals surface area contributed by atoms with Crippen molar-refractivity contribution >= 4 is 6.09 Å². The lowest BCUT2D eigenvalue weighted by Gasteiger charge is -2.24. The van der Waals surface area contributed by atoms with Gasteiger partial charge in [-0.05, 0) is 27.2 Å². The summed E-state index contributed by atoms with van der Waals surface area (Å²) in [4.78, 5) is 13.2. The molecule has 0 atom stereocenters. The molecule has 0 bridgehead atoms. The minimum Gasteiger partial charge on any atom is -0.444 e. The van der Waals surface area contributed by atoms with Gasteiger partial charge in [0.05, 0.1) is 19.8 Å². The van der Waals surface area contributed by atoms with Crippen molar-refractivity contribution in [2.24, 2.45) is 0 Å². The van der Waals surface area contributed by atoms with Gasteiger partial charge >= 0.3 is 6.09 Å². The Morgan fingerprint density at radius 1 is 0.870 bits per heavy atom. The zero-order chi connectivity index (χ0) is 17.6. The Balaban J connectivity index is 3.34. The number of carbonyl (C=O) groups excluding carboxylic acids is 1. The molecular formula is C18H37NO4. The quantitative estimate of drug-likeness (QED) is 0.473. The summed E-state index contributed by atoms with van der Waals surface area (Å²) in [5.41, 5.74) is -0.462. The van der Waals surface area contributed by atoms with Crippen LogP contribution in [0.1, 0.15) is 66.2 Å². The molecule has 0 aromatic rings. The van der Waals surface area contributed by atoms with E-state index in [1.54, 1.807) is 7.05 Å². The highest BCUT2D eigenvalue weighted by Crippen LogP contribution is 2.08. The van der Waals surface area contributed by atoms with Gasteiger partial charge in [0.1, 0.15) is 5.60 Å².